The molecule has 0 unspecified atom stereocenters. The molecule has 0 atom stereocenters. The minimum Gasteiger partial charge on any atom is -0.383 e. The molecule has 0 aliphatic heterocycles. The van der Waals surface area contributed by atoms with E-state index >= 15 is 0 Å². The molecule has 0 bridgehead atoms. The number of hydrogen-bond donors (Lipinski definition) is 3. The van der Waals surface area contributed by atoms with E-state index in [9.17, 15) is 4.39 Å². The molecular formula is C16H17FN4. The van der Waals surface area contributed by atoms with E-state index in [0.717, 1.165) is 24.9 Å². The highest BCUT2D eigenvalue weighted by molar-refractivity contribution is 6.00. The third kappa shape index (κ3) is 2.46. The van der Waals surface area contributed by atoms with Crippen LogP contribution in [0.5, 0.6) is 0 Å². The average Bonchev–Trinajstić information content (AvgIpc) is 2.91. The molecule has 1 aliphatic carbocycles. The molecule has 2 aromatic rings. The fourth-order valence-corrected chi connectivity index (χ4v) is 2.76. The van der Waals surface area contributed by atoms with Crippen LogP contribution in [-0.4, -0.2) is 10.7 Å². The summed E-state index contributed by atoms with van der Waals surface area (Å²) >= 11 is 0. The zero-order valence-corrected chi connectivity index (χ0v) is 11.8. The number of benzene rings is 1. The first-order valence-electron chi connectivity index (χ1n) is 6.95. The van der Waals surface area contributed by atoms with Crippen LogP contribution in [-0.2, 0) is 12.8 Å². The Hall–Kier alpha value is -2.43. The number of aryl methyl sites for hydroxylation is 1. The standard InChI is InChI=1S/C16H17FN4/c1-9(18)12-8-13(17)16(21-15(12)19)20-14-7-3-5-10-4-2-6-11(10)14/h3,5,7-8,18H,2,4,6H2,1H3,(H3,19,20,21). The average molecular weight is 284 g/mol. The Morgan fingerprint density at radius 2 is 2.19 bits per heavy atom. The summed E-state index contributed by atoms with van der Waals surface area (Å²) in [5.41, 5.74) is 9.75. The van der Waals surface area contributed by atoms with Crippen molar-refractivity contribution in [2.45, 2.75) is 26.2 Å². The second-order valence-corrected chi connectivity index (χ2v) is 5.30. The van der Waals surface area contributed by atoms with Gasteiger partial charge in [0, 0.05) is 17.0 Å². The van der Waals surface area contributed by atoms with Crippen molar-refractivity contribution in [1.82, 2.24) is 4.98 Å². The number of pyridine rings is 1. The van der Waals surface area contributed by atoms with E-state index < -0.39 is 5.82 Å². The second-order valence-electron chi connectivity index (χ2n) is 5.30. The minimum atomic E-state index is -0.499. The molecule has 4 N–H and O–H groups in total. The maximum Gasteiger partial charge on any atom is 0.169 e. The number of nitrogens with one attached hydrogen (secondary N) is 2. The number of hydrogen-bond acceptors (Lipinski definition) is 4. The molecule has 21 heavy (non-hydrogen) atoms. The Bertz CT molecular complexity index is 724. The smallest absolute Gasteiger partial charge is 0.169 e. The van der Waals surface area contributed by atoms with Gasteiger partial charge in [-0.05, 0) is 49.4 Å². The van der Waals surface area contributed by atoms with E-state index in [1.165, 1.54) is 17.2 Å². The predicted molar refractivity (Wildman–Crippen MR) is 82.9 cm³/mol. The lowest BCUT2D eigenvalue weighted by molar-refractivity contribution is 0.626. The van der Waals surface area contributed by atoms with Crippen LogP contribution in [0.2, 0.25) is 0 Å². The number of halogens is 1. The molecule has 0 amide bonds. The van der Waals surface area contributed by atoms with Gasteiger partial charge in [-0.1, -0.05) is 12.1 Å². The van der Waals surface area contributed by atoms with E-state index in [2.05, 4.69) is 16.4 Å². The highest BCUT2D eigenvalue weighted by atomic mass is 19.1. The molecule has 1 aromatic heterocycles. The normalized spacial score (nSPS) is 13.0. The molecule has 1 aliphatic rings. The van der Waals surface area contributed by atoms with Crippen LogP contribution in [0.1, 0.15) is 30.0 Å². The van der Waals surface area contributed by atoms with Crippen molar-refractivity contribution in [2.75, 3.05) is 11.1 Å². The molecule has 0 saturated heterocycles. The van der Waals surface area contributed by atoms with E-state index in [1.54, 1.807) is 6.92 Å². The fraction of sp³-hybridized carbons (Fsp3) is 0.250. The van der Waals surface area contributed by atoms with Crippen LogP contribution < -0.4 is 11.1 Å². The van der Waals surface area contributed by atoms with Crippen LogP contribution in [0.15, 0.2) is 24.3 Å². The maximum atomic E-state index is 14.2. The number of nitrogens with zero attached hydrogens (tertiary/aromatic N) is 1. The van der Waals surface area contributed by atoms with Crippen LogP contribution in [0.25, 0.3) is 0 Å². The van der Waals surface area contributed by atoms with Crippen LogP contribution >= 0.6 is 0 Å². The summed E-state index contributed by atoms with van der Waals surface area (Å²) in [6, 6.07) is 7.25. The number of anilines is 3. The van der Waals surface area contributed by atoms with Crippen LogP contribution in [0.3, 0.4) is 0 Å². The van der Waals surface area contributed by atoms with Crippen molar-refractivity contribution in [2.24, 2.45) is 0 Å². The topological polar surface area (TPSA) is 74.8 Å². The van der Waals surface area contributed by atoms with Gasteiger partial charge in [0.15, 0.2) is 11.6 Å². The zero-order chi connectivity index (χ0) is 15.0. The molecule has 1 heterocycles. The highest BCUT2D eigenvalue weighted by Gasteiger charge is 2.17. The molecule has 1 aromatic carbocycles. The predicted octanol–water partition coefficient (Wildman–Crippen LogP) is 3.42. The lowest BCUT2D eigenvalue weighted by Crippen LogP contribution is -2.07. The molecule has 108 valence electrons. The van der Waals surface area contributed by atoms with Gasteiger partial charge >= 0.3 is 0 Å². The minimum absolute atomic E-state index is 0.109. The molecule has 0 fully saturated rings. The lowest BCUT2D eigenvalue weighted by Gasteiger charge is -2.13. The zero-order valence-electron chi connectivity index (χ0n) is 11.8. The van der Waals surface area contributed by atoms with E-state index in [1.807, 2.05) is 12.1 Å². The van der Waals surface area contributed by atoms with E-state index in [4.69, 9.17) is 11.1 Å². The van der Waals surface area contributed by atoms with Gasteiger partial charge in [0.2, 0.25) is 0 Å². The summed E-state index contributed by atoms with van der Waals surface area (Å²) in [7, 11) is 0. The summed E-state index contributed by atoms with van der Waals surface area (Å²) in [4.78, 5) is 4.07. The van der Waals surface area contributed by atoms with Crippen LogP contribution in [0, 0.1) is 11.2 Å². The molecule has 3 rings (SSSR count). The van der Waals surface area contributed by atoms with Crippen LogP contribution in [0.4, 0.5) is 21.7 Å². The van der Waals surface area contributed by atoms with E-state index in [0.29, 0.717) is 5.56 Å². The largest absolute Gasteiger partial charge is 0.383 e. The van der Waals surface area contributed by atoms with Crippen molar-refractivity contribution in [3.05, 3.63) is 46.8 Å². The Morgan fingerprint density at radius 3 is 2.95 bits per heavy atom. The van der Waals surface area contributed by atoms with Crippen molar-refractivity contribution in [3.8, 4) is 0 Å². The Morgan fingerprint density at radius 1 is 1.38 bits per heavy atom. The third-order valence-electron chi connectivity index (χ3n) is 3.81. The van der Waals surface area contributed by atoms with Gasteiger partial charge in [-0.2, -0.15) is 0 Å². The Labute approximate surface area is 122 Å². The Kier molecular flexibility index (Phi) is 3.33. The SMILES string of the molecule is CC(=N)c1cc(F)c(Nc2cccc3c2CCC3)nc1N. The van der Waals surface area contributed by atoms with Gasteiger partial charge in [-0.15, -0.1) is 0 Å². The summed E-state index contributed by atoms with van der Waals surface area (Å²) < 4.78 is 14.2. The number of aromatic nitrogens is 1. The van der Waals surface area contributed by atoms with Gasteiger partial charge in [0.25, 0.3) is 0 Å². The molecule has 0 saturated carbocycles. The monoisotopic (exact) mass is 284 g/mol. The number of rotatable bonds is 3. The summed E-state index contributed by atoms with van der Waals surface area (Å²) in [6.45, 7) is 1.56. The van der Waals surface area contributed by atoms with Gasteiger partial charge in [-0.25, -0.2) is 9.37 Å². The van der Waals surface area contributed by atoms with Gasteiger partial charge in [0.05, 0.1) is 0 Å². The number of nitrogens with two attached hydrogens (primary N) is 1. The summed E-state index contributed by atoms with van der Waals surface area (Å²) in [5.74, 6) is -0.224. The maximum absolute atomic E-state index is 14.2. The van der Waals surface area contributed by atoms with Crippen molar-refractivity contribution < 1.29 is 4.39 Å². The Balaban J connectivity index is 1.98. The number of fused-ring (bicyclic) bond motifs is 1. The fourth-order valence-electron chi connectivity index (χ4n) is 2.76. The van der Waals surface area contributed by atoms with E-state index in [-0.39, 0.29) is 17.3 Å². The molecule has 5 heteroatoms. The lowest BCUT2D eigenvalue weighted by atomic mass is 10.1. The summed E-state index contributed by atoms with van der Waals surface area (Å²) in [5, 5.41) is 10.6. The van der Waals surface area contributed by atoms with Crippen molar-refractivity contribution >= 4 is 23.0 Å². The van der Waals surface area contributed by atoms with Crippen molar-refractivity contribution in [3.63, 3.8) is 0 Å². The number of nitrogen functional groups attached to an aromatic ring is 1. The molecule has 0 radical (unpaired) electrons. The van der Waals surface area contributed by atoms with Gasteiger partial charge < -0.3 is 16.5 Å². The summed E-state index contributed by atoms with van der Waals surface area (Å²) in [6.07, 6.45) is 3.18. The van der Waals surface area contributed by atoms with Gasteiger partial charge in [0.1, 0.15) is 5.82 Å². The molecular weight excluding hydrogens is 267 g/mol. The van der Waals surface area contributed by atoms with Crippen molar-refractivity contribution in [1.29, 1.82) is 5.41 Å². The second kappa shape index (κ2) is 5.16. The highest BCUT2D eigenvalue weighted by Crippen LogP contribution is 2.31. The first-order chi connectivity index (χ1) is 10.1. The molecule has 0 spiro atoms. The first kappa shape index (κ1) is 13.5. The molecule has 4 nitrogen and oxygen atoms in total. The third-order valence-corrected chi connectivity index (χ3v) is 3.81. The quantitative estimate of drug-likeness (QED) is 0.756. The first-order valence-corrected chi connectivity index (χ1v) is 6.95. The van der Waals surface area contributed by atoms with Gasteiger partial charge in [-0.3, -0.25) is 0 Å².